The van der Waals surface area contributed by atoms with Gasteiger partial charge in [0.25, 0.3) is 0 Å². The molecule has 138 valence electrons. The Kier molecular flexibility index (Phi) is 5.61. The maximum Gasteiger partial charge on any atom is 0.321 e. The monoisotopic (exact) mass is 372 g/mol. The van der Waals surface area contributed by atoms with E-state index in [1.54, 1.807) is 12.0 Å². The first-order valence-corrected chi connectivity index (χ1v) is 9.66. The summed E-state index contributed by atoms with van der Waals surface area (Å²) in [5.74, 6) is 0.650. The molecule has 0 saturated carbocycles. The highest BCUT2D eigenvalue weighted by Gasteiger charge is 2.30. The number of methoxy groups -OCH3 is 1. The lowest BCUT2D eigenvalue weighted by atomic mass is 9.92. The van der Waals surface area contributed by atoms with Crippen molar-refractivity contribution in [3.8, 4) is 5.75 Å². The number of nitrogens with zero attached hydrogens (tertiary/aromatic N) is 1. The van der Waals surface area contributed by atoms with Gasteiger partial charge in [0.05, 0.1) is 17.7 Å². The van der Waals surface area contributed by atoms with Crippen molar-refractivity contribution < 1.29 is 14.3 Å². The average molecular weight is 372 g/mol. The van der Waals surface area contributed by atoms with Crippen LogP contribution in [0.4, 0.5) is 10.5 Å². The number of benzene rings is 1. The smallest absolute Gasteiger partial charge is 0.321 e. The van der Waals surface area contributed by atoms with Crippen molar-refractivity contribution in [2.45, 2.75) is 26.7 Å². The zero-order chi connectivity index (χ0) is 18.7. The standard InChI is InChI=1S/C20H24N2O3S/c1-13-6-7-17(25-3)16(11-13)21-20(24)22-9-4-5-15(12-22)18(23)19-14(2)8-10-26-19/h6-8,10-11,15H,4-5,9,12H2,1-3H3,(H,21,24). The van der Waals surface area contributed by atoms with Crippen LogP contribution in [0, 0.1) is 19.8 Å². The van der Waals surface area contributed by atoms with E-state index < -0.39 is 0 Å². The highest BCUT2D eigenvalue weighted by atomic mass is 32.1. The summed E-state index contributed by atoms with van der Waals surface area (Å²) in [5, 5.41) is 4.88. The highest BCUT2D eigenvalue weighted by molar-refractivity contribution is 7.12. The average Bonchev–Trinajstić information content (AvgIpc) is 3.07. The third-order valence-electron chi connectivity index (χ3n) is 4.76. The number of nitrogens with one attached hydrogen (secondary N) is 1. The molecule has 6 heteroatoms. The van der Waals surface area contributed by atoms with Gasteiger partial charge in [-0.2, -0.15) is 0 Å². The van der Waals surface area contributed by atoms with Gasteiger partial charge in [-0.25, -0.2) is 4.79 Å². The molecule has 1 aliphatic heterocycles. The van der Waals surface area contributed by atoms with Crippen LogP contribution in [0.5, 0.6) is 5.75 Å². The van der Waals surface area contributed by atoms with Gasteiger partial charge < -0.3 is 15.0 Å². The van der Waals surface area contributed by atoms with Crippen LogP contribution < -0.4 is 10.1 Å². The Balaban J connectivity index is 1.70. The van der Waals surface area contributed by atoms with E-state index in [-0.39, 0.29) is 17.7 Å². The summed E-state index contributed by atoms with van der Waals surface area (Å²) in [6.45, 7) is 5.04. The van der Waals surface area contributed by atoms with Gasteiger partial charge in [0.15, 0.2) is 5.78 Å². The first kappa shape index (κ1) is 18.5. The normalized spacial score (nSPS) is 17.0. The number of thiophene rings is 1. The van der Waals surface area contributed by atoms with Crippen LogP contribution in [0.3, 0.4) is 0 Å². The molecular formula is C20H24N2O3S. The summed E-state index contributed by atoms with van der Waals surface area (Å²) >= 11 is 1.48. The summed E-state index contributed by atoms with van der Waals surface area (Å²) in [5.41, 5.74) is 2.71. The summed E-state index contributed by atoms with van der Waals surface area (Å²) in [6, 6.07) is 7.45. The molecule has 2 heterocycles. The Morgan fingerprint density at radius 1 is 1.27 bits per heavy atom. The summed E-state index contributed by atoms with van der Waals surface area (Å²) < 4.78 is 5.32. The predicted molar refractivity (Wildman–Crippen MR) is 104 cm³/mol. The zero-order valence-electron chi connectivity index (χ0n) is 15.4. The third-order valence-corrected chi connectivity index (χ3v) is 5.79. The largest absolute Gasteiger partial charge is 0.495 e. The third kappa shape index (κ3) is 3.90. The van der Waals surface area contributed by atoms with Gasteiger partial charge in [0.1, 0.15) is 5.75 Å². The van der Waals surface area contributed by atoms with Gasteiger partial charge in [-0.1, -0.05) is 6.07 Å². The summed E-state index contributed by atoms with van der Waals surface area (Å²) in [7, 11) is 1.58. The Morgan fingerprint density at radius 3 is 2.77 bits per heavy atom. The molecule has 1 N–H and O–H groups in total. The molecule has 0 radical (unpaired) electrons. The number of likely N-dealkylation sites (tertiary alicyclic amines) is 1. The fourth-order valence-corrected chi connectivity index (χ4v) is 4.24. The van der Waals surface area contributed by atoms with Crippen LogP contribution in [0.1, 0.15) is 33.6 Å². The van der Waals surface area contributed by atoms with Crippen LogP contribution in [0.2, 0.25) is 0 Å². The second-order valence-corrected chi connectivity index (χ2v) is 7.63. The fourth-order valence-electron chi connectivity index (χ4n) is 3.30. The molecule has 2 amide bonds. The number of carbonyl (C=O) groups excluding carboxylic acids is 2. The van der Waals surface area contributed by atoms with Crippen molar-refractivity contribution in [2.75, 3.05) is 25.5 Å². The van der Waals surface area contributed by atoms with Crippen molar-refractivity contribution >= 4 is 28.8 Å². The molecule has 3 rings (SSSR count). The van der Waals surface area contributed by atoms with E-state index in [0.717, 1.165) is 28.8 Å². The van der Waals surface area contributed by atoms with Crippen molar-refractivity contribution in [3.63, 3.8) is 0 Å². The van der Waals surface area contributed by atoms with Gasteiger partial charge in [0.2, 0.25) is 0 Å². The lowest BCUT2D eigenvalue weighted by Gasteiger charge is -2.32. The molecule has 1 atom stereocenters. The molecule has 5 nitrogen and oxygen atoms in total. The number of hydrogen-bond donors (Lipinski definition) is 1. The molecule has 1 fully saturated rings. The van der Waals surface area contributed by atoms with E-state index in [2.05, 4.69) is 5.32 Å². The van der Waals surface area contributed by atoms with E-state index in [9.17, 15) is 9.59 Å². The molecule has 1 aromatic carbocycles. The van der Waals surface area contributed by atoms with Gasteiger partial charge in [0, 0.05) is 19.0 Å². The summed E-state index contributed by atoms with van der Waals surface area (Å²) in [6.07, 6.45) is 1.66. The number of ether oxygens (including phenoxy) is 1. The quantitative estimate of drug-likeness (QED) is 0.804. The van der Waals surface area contributed by atoms with Gasteiger partial charge >= 0.3 is 6.03 Å². The lowest BCUT2D eigenvalue weighted by molar-refractivity contribution is 0.0855. The topological polar surface area (TPSA) is 58.6 Å². The highest BCUT2D eigenvalue weighted by Crippen LogP contribution is 2.28. The molecule has 0 bridgehead atoms. The molecule has 1 aliphatic rings. The van der Waals surface area contributed by atoms with Crippen molar-refractivity contribution in [1.82, 2.24) is 4.90 Å². The summed E-state index contributed by atoms with van der Waals surface area (Å²) in [4.78, 5) is 28.1. The van der Waals surface area contributed by atoms with Crippen LogP contribution in [0.25, 0.3) is 0 Å². The van der Waals surface area contributed by atoms with Gasteiger partial charge in [-0.05, 0) is 61.4 Å². The number of aryl methyl sites for hydroxylation is 2. The van der Waals surface area contributed by atoms with E-state index in [0.29, 0.717) is 24.5 Å². The molecule has 2 aromatic rings. The first-order valence-electron chi connectivity index (χ1n) is 8.78. The number of ketones is 1. The van der Waals surface area contributed by atoms with Crippen molar-refractivity contribution in [1.29, 1.82) is 0 Å². The Hall–Kier alpha value is -2.34. The van der Waals surface area contributed by atoms with E-state index in [4.69, 9.17) is 4.74 Å². The Bertz CT molecular complexity index is 815. The number of urea groups is 1. The van der Waals surface area contributed by atoms with E-state index in [1.165, 1.54) is 11.3 Å². The minimum atomic E-state index is -0.186. The number of Topliss-reactive ketones (excluding diaryl/α,β-unsaturated/α-hetero) is 1. The lowest BCUT2D eigenvalue weighted by Crippen LogP contribution is -2.44. The molecule has 1 saturated heterocycles. The van der Waals surface area contributed by atoms with Gasteiger partial charge in [-0.3, -0.25) is 4.79 Å². The van der Waals surface area contributed by atoms with Crippen LogP contribution in [0.15, 0.2) is 29.6 Å². The zero-order valence-corrected chi connectivity index (χ0v) is 16.2. The van der Waals surface area contributed by atoms with Crippen LogP contribution in [-0.2, 0) is 0 Å². The van der Waals surface area contributed by atoms with Crippen LogP contribution in [-0.4, -0.2) is 36.9 Å². The van der Waals surface area contributed by atoms with Crippen LogP contribution >= 0.6 is 11.3 Å². The molecule has 1 unspecified atom stereocenters. The second kappa shape index (κ2) is 7.91. The molecule has 1 aromatic heterocycles. The predicted octanol–water partition coefficient (Wildman–Crippen LogP) is 4.50. The number of rotatable bonds is 4. The van der Waals surface area contributed by atoms with Crippen molar-refractivity contribution in [2.24, 2.45) is 5.92 Å². The second-order valence-electron chi connectivity index (χ2n) is 6.72. The van der Waals surface area contributed by atoms with E-state index in [1.807, 2.05) is 43.5 Å². The minimum Gasteiger partial charge on any atom is -0.495 e. The number of amides is 2. The maximum absolute atomic E-state index is 12.8. The van der Waals surface area contributed by atoms with Gasteiger partial charge in [-0.15, -0.1) is 11.3 Å². The molecular weight excluding hydrogens is 348 g/mol. The maximum atomic E-state index is 12.8. The molecule has 26 heavy (non-hydrogen) atoms. The SMILES string of the molecule is COc1ccc(C)cc1NC(=O)N1CCCC(C(=O)c2sccc2C)C1. The first-order chi connectivity index (χ1) is 12.5. The van der Waals surface area contributed by atoms with Crippen molar-refractivity contribution in [3.05, 3.63) is 45.6 Å². The fraction of sp³-hybridized carbons (Fsp3) is 0.400. The minimum absolute atomic E-state index is 0.133. The number of carbonyl (C=O) groups is 2. The Labute approximate surface area is 158 Å². The number of hydrogen-bond acceptors (Lipinski definition) is 4. The molecule has 0 aliphatic carbocycles. The molecule has 0 spiro atoms. The Morgan fingerprint density at radius 2 is 2.08 bits per heavy atom. The number of piperidine rings is 1. The number of anilines is 1. The van der Waals surface area contributed by atoms with E-state index >= 15 is 0 Å².